The Morgan fingerprint density at radius 2 is 1.80 bits per heavy atom. The molecule has 1 amide bonds. The number of benzene rings is 1. The molecule has 1 saturated carbocycles. The second-order valence-corrected chi connectivity index (χ2v) is 14.4. The fourth-order valence-electron chi connectivity index (χ4n) is 6.28. The number of carbonyl (C=O) groups excluding carboxylic acids is 1. The van der Waals surface area contributed by atoms with Gasteiger partial charge in [-0.2, -0.15) is 0 Å². The van der Waals surface area contributed by atoms with E-state index >= 15 is 13.2 Å². The maximum atomic E-state index is 15.4. The van der Waals surface area contributed by atoms with Gasteiger partial charge in [-0.3, -0.25) is 9.78 Å². The van der Waals surface area contributed by atoms with Crippen molar-refractivity contribution in [1.29, 1.82) is 0 Å². The Morgan fingerprint density at radius 3 is 2.46 bits per heavy atom. The van der Waals surface area contributed by atoms with E-state index in [1.54, 1.807) is 12.3 Å². The number of hydrogen-bond donors (Lipinski definition) is 2. The summed E-state index contributed by atoms with van der Waals surface area (Å²) in [5.41, 5.74) is 3.49. The molecular formula is C32H36F4N4O5S. The van der Waals surface area contributed by atoms with Gasteiger partial charge in [0.1, 0.15) is 44.3 Å². The van der Waals surface area contributed by atoms with Gasteiger partial charge in [0.05, 0.1) is 35.9 Å². The molecule has 1 aliphatic heterocycles. The molecule has 3 heterocycles. The highest BCUT2D eigenvalue weighted by atomic mass is 32.2. The Morgan fingerprint density at radius 1 is 1.11 bits per heavy atom. The number of nitrogens with one attached hydrogen (secondary N) is 1. The van der Waals surface area contributed by atoms with Crippen LogP contribution in [0.5, 0.6) is 0 Å². The predicted octanol–water partition coefficient (Wildman–Crippen LogP) is 5.06. The number of nitrogens with two attached hydrogens (primary N) is 1. The van der Waals surface area contributed by atoms with Gasteiger partial charge in [0.2, 0.25) is 0 Å². The molecule has 5 rings (SSSR count). The van der Waals surface area contributed by atoms with Crippen LogP contribution in [-0.2, 0) is 25.0 Å². The molecule has 1 saturated heterocycles. The Hall–Kier alpha value is -3.46. The van der Waals surface area contributed by atoms with Gasteiger partial charge in [-0.15, -0.1) is 0 Å². The third-order valence-electron chi connectivity index (χ3n) is 8.66. The van der Waals surface area contributed by atoms with Crippen LogP contribution in [0.4, 0.5) is 23.2 Å². The minimum Gasteiger partial charge on any atom is -0.381 e. The van der Waals surface area contributed by atoms with Crippen LogP contribution in [0.2, 0.25) is 0 Å². The van der Waals surface area contributed by atoms with Crippen molar-refractivity contribution in [1.82, 2.24) is 9.97 Å². The van der Waals surface area contributed by atoms with Crippen LogP contribution in [0, 0.1) is 23.4 Å². The number of rotatable bonds is 9. The van der Waals surface area contributed by atoms with Crippen molar-refractivity contribution < 1.29 is 40.2 Å². The van der Waals surface area contributed by atoms with E-state index in [1.165, 1.54) is 6.20 Å². The number of hydrogen-bond acceptors (Lipinski definition) is 8. The molecule has 9 nitrogen and oxygen atoms in total. The number of pyridine rings is 2. The molecule has 3 N–H and O–H groups in total. The van der Waals surface area contributed by atoms with E-state index in [1.807, 2.05) is 6.92 Å². The highest BCUT2D eigenvalue weighted by molar-refractivity contribution is 7.90. The largest absolute Gasteiger partial charge is 0.381 e. The molecule has 14 heteroatoms. The molecule has 0 radical (unpaired) electrons. The van der Waals surface area contributed by atoms with Gasteiger partial charge in [0, 0.05) is 44.5 Å². The molecule has 2 aromatic heterocycles. The first-order valence-corrected chi connectivity index (χ1v) is 17.0. The molecular weight excluding hydrogens is 628 g/mol. The zero-order chi connectivity index (χ0) is 33.2. The molecule has 2 aliphatic rings. The van der Waals surface area contributed by atoms with Gasteiger partial charge in [-0.25, -0.2) is 31.0 Å². The summed E-state index contributed by atoms with van der Waals surface area (Å²) in [6.07, 6.45) is 4.78. The highest BCUT2D eigenvalue weighted by Gasteiger charge is 2.37. The van der Waals surface area contributed by atoms with Crippen LogP contribution in [0.25, 0.3) is 11.3 Å². The average molecular weight is 665 g/mol. The van der Waals surface area contributed by atoms with Crippen LogP contribution in [-0.4, -0.2) is 68.3 Å². The fraction of sp³-hybridized carbons (Fsp3) is 0.469. The van der Waals surface area contributed by atoms with Crippen molar-refractivity contribution in [2.45, 2.75) is 56.3 Å². The number of aromatic nitrogens is 2. The van der Waals surface area contributed by atoms with E-state index in [-0.39, 0.29) is 67.6 Å². The first kappa shape index (κ1) is 33.9. The molecule has 0 unspecified atom stereocenters. The van der Waals surface area contributed by atoms with E-state index in [9.17, 15) is 17.6 Å². The summed E-state index contributed by atoms with van der Waals surface area (Å²) in [4.78, 5) is 21.4. The van der Waals surface area contributed by atoms with E-state index in [2.05, 4.69) is 15.3 Å². The smallest absolute Gasteiger partial charge is 0.274 e. The molecule has 0 spiro atoms. The Balaban J connectivity index is 1.34. The summed E-state index contributed by atoms with van der Waals surface area (Å²) < 4.78 is 94.8. The quantitative estimate of drug-likeness (QED) is 0.304. The lowest BCUT2D eigenvalue weighted by atomic mass is 9.74. The second-order valence-electron chi connectivity index (χ2n) is 12.1. The molecule has 2 fully saturated rings. The molecule has 0 bridgehead atoms. The summed E-state index contributed by atoms with van der Waals surface area (Å²) in [5, 5.41) is 2.73. The van der Waals surface area contributed by atoms with Crippen molar-refractivity contribution in [3.05, 3.63) is 77.0 Å². The van der Waals surface area contributed by atoms with E-state index in [0.29, 0.717) is 18.5 Å². The number of alkyl halides is 1. The first-order chi connectivity index (χ1) is 21.8. The lowest BCUT2D eigenvalue weighted by Crippen LogP contribution is -2.47. The zero-order valence-corrected chi connectivity index (χ0v) is 26.3. The Bertz CT molecular complexity index is 1670. The fourth-order valence-corrected chi connectivity index (χ4v) is 6.68. The monoisotopic (exact) mass is 664 g/mol. The van der Waals surface area contributed by atoms with Crippen molar-refractivity contribution >= 4 is 21.4 Å². The lowest BCUT2D eigenvalue weighted by Gasteiger charge is -2.39. The normalized spacial score (nSPS) is 23.2. The third kappa shape index (κ3) is 7.56. The molecule has 1 aromatic carbocycles. The highest BCUT2D eigenvalue weighted by Crippen LogP contribution is 2.41. The predicted molar refractivity (Wildman–Crippen MR) is 163 cm³/mol. The lowest BCUT2D eigenvalue weighted by molar-refractivity contribution is -0.0153. The number of sulfone groups is 1. The van der Waals surface area contributed by atoms with Gasteiger partial charge in [0.25, 0.3) is 5.91 Å². The van der Waals surface area contributed by atoms with Crippen molar-refractivity contribution in [2.24, 2.45) is 11.7 Å². The van der Waals surface area contributed by atoms with Crippen LogP contribution >= 0.6 is 0 Å². The Kier molecular flexibility index (Phi) is 10.1. The summed E-state index contributed by atoms with van der Waals surface area (Å²) in [5.74, 6) is -4.49. The number of ether oxygens (including phenoxy) is 2. The standard InChI is InChI=1S/C32H36F4N4O5S/c1-18-13-19(14-25(37)30(18)45-11-12-46(2,42)43)21-5-8-38-17-27(21)40-31(41)26-4-3-22(33)29(39-26)28-23(34)15-20(16-24(28)35)32(36)6-9-44-10-7-32/h3-5,8,15-19,25,30H,6-7,9-14,37H2,1-2H3,(H,40,41)/t18-,19+,25+,30-/m0/s1. The molecule has 46 heavy (non-hydrogen) atoms. The van der Waals surface area contributed by atoms with Gasteiger partial charge < -0.3 is 20.5 Å². The first-order valence-electron chi connectivity index (χ1n) is 15.0. The van der Waals surface area contributed by atoms with E-state index in [4.69, 9.17) is 15.2 Å². The maximum Gasteiger partial charge on any atom is 0.274 e. The van der Waals surface area contributed by atoms with Crippen LogP contribution in [0.1, 0.15) is 60.1 Å². The van der Waals surface area contributed by atoms with Crippen molar-refractivity contribution in [3.63, 3.8) is 0 Å². The summed E-state index contributed by atoms with van der Waals surface area (Å²) in [6, 6.07) is 4.98. The minimum atomic E-state index is -3.18. The molecule has 1 aliphatic carbocycles. The SMILES string of the molecule is C[C@H]1C[C@@H](c2ccncc2NC(=O)c2ccc(F)c(-c3c(F)cc(C4(F)CCOCC4)cc3F)n2)C[C@@H](N)[C@H]1OCCS(C)(=O)=O. The topological polar surface area (TPSA) is 134 Å². The zero-order valence-electron chi connectivity index (χ0n) is 25.4. The Labute approximate surface area is 264 Å². The molecule has 3 aromatic rings. The van der Waals surface area contributed by atoms with Gasteiger partial charge >= 0.3 is 0 Å². The second kappa shape index (κ2) is 13.7. The number of anilines is 1. The van der Waals surface area contributed by atoms with Gasteiger partial charge in [0.15, 0.2) is 0 Å². The third-order valence-corrected chi connectivity index (χ3v) is 9.57. The number of halogens is 4. The molecule has 4 atom stereocenters. The number of carbonyl (C=O) groups is 1. The van der Waals surface area contributed by atoms with Crippen molar-refractivity contribution in [2.75, 3.05) is 37.1 Å². The summed E-state index contributed by atoms with van der Waals surface area (Å²) >= 11 is 0. The van der Waals surface area contributed by atoms with E-state index < -0.39 is 56.2 Å². The number of amides is 1. The van der Waals surface area contributed by atoms with Crippen LogP contribution < -0.4 is 11.1 Å². The maximum absolute atomic E-state index is 15.4. The van der Waals surface area contributed by atoms with E-state index in [0.717, 1.165) is 36.1 Å². The number of nitrogens with zero attached hydrogens (tertiary/aromatic N) is 2. The summed E-state index contributed by atoms with van der Waals surface area (Å²) in [7, 11) is -3.18. The molecule has 248 valence electrons. The minimum absolute atomic E-state index is 0.0266. The average Bonchev–Trinajstić information content (AvgIpc) is 2.99. The summed E-state index contributed by atoms with van der Waals surface area (Å²) in [6.45, 7) is 2.20. The van der Waals surface area contributed by atoms with Gasteiger partial charge in [-0.05, 0) is 66.1 Å². The van der Waals surface area contributed by atoms with Gasteiger partial charge in [-0.1, -0.05) is 6.92 Å². The van der Waals surface area contributed by atoms with Crippen molar-refractivity contribution in [3.8, 4) is 11.3 Å². The van der Waals surface area contributed by atoms with Crippen LogP contribution in [0.3, 0.4) is 0 Å². The van der Waals surface area contributed by atoms with Crippen LogP contribution in [0.15, 0.2) is 42.7 Å².